The molecule has 2 aromatic rings. The van der Waals surface area contributed by atoms with E-state index in [1.54, 1.807) is 0 Å². The fourth-order valence-corrected chi connectivity index (χ4v) is 3.02. The van der Waals surface area contributed by atoms with Crippen molar-refractivity contribution in [3.8, 4) is 5.75 Å². The molecule has 0 amide bonds. The zero-order chi connectivity index (χ0) is 14.1. The molecule has 0 fully saturated rings. The van der Waals surface area contributed by atoms with Crippen LogP contribution in [0.5, 0.6) is 5.75 Å². The minimum absolute atomic E-state index is 0.707. The van der Waals surface area contributed by atoms with Gasteiger partial charge in [-0.15, -0.1) is 0 Å². The second-order valence-electron chi connectivity index (χ2n) is 4.97. The summed E-state index contributed by atoms with van der Waals surface area (Å²) in [7, 11) is 0. The van der Waals surface area contributed by atoms with E-state index in [0.29, 0.717) is 6.54 Å². The predicted octanol–water partition coefficient (Wildman–Crippen LogP) is 4.96. The Kier molecular flexibility index (Phi) is 3.90. The molecule has 0 saturated heterocycles. The highest BCUT2D eigenvalue weighted by atomic mass is 79.9. The van der Waals surface area contributed by atoms with Gasteiger partial charge in [0.2, 0.25) is 0 Å². The lowest BCUT2D eigenvalue weighted by Crippen LogP contribution is -2.02. The van der Waals surface area contributed by atoms with Crippen molar-refractivity contribution in [2.24, 2.45) is 0 Å². The van der Waals surface area contributed by atoms with Gasteiger partial charge in [-0.05, 0) is 42.3 Å². The summed E-state index contributed by atoms with van der Waals surface area (Å²) in [5.74, 6) is 0.994. The Morgan fingerprint density at radius 1 is 1.30 bits per heavy atom. The zero-order valence-corrected chi connectivity index (χ0v) is 13.5. The molecule has 0 spiro atoms. The van der Waals surface area contributed by atoms with Crippen LogP contribution in [0.25, 0.3) is 0 Å². The van der Waals surface area contributed by atoms with Crippen molar-refractivity contribution in [1.82, 2.24) is 0 Å². The quantitative estimate of drug-likeness (QED) is 0.843. The first-order chi connectivity index (χ1) is 9.63. The van der Waals surface area contributed by atoms with Crippen molar-refractivity contribution < 1.29 is 4.74 Å². The second kappa shape index (κ2) is 5.66. The molecular formula is C16H15BrClNO. The molecule has 4 heteroatoms. The van der Waals surface area contributed by atoms with Crippen LogP contribution in [0.1, 0.15) is 16.7 Å². The maximum absolute atomic E-state index is 6.17. The summed E-state index contributed by atoms with van der Waals surface area (Å²) in [6.07, 6.45) is 0.943. The van der Waals surface area contributed by atoms with Gasteiger partial charge in [0.25, 0.3) is 0 Å². The molecule has 0 aromatic heterocycles. The normalized spacial score (nSPS) is 12.9. The number of hydrogen-bond donors (Lipinski definition) is 1. The van der Waals surface area contributed by atoms with Crippen LogP contribution < -0.4 is 10.1 Å². The van der Waals surface area contributed by atoms with Crippen LogP contribution in [0.15, 0.2) is 34.8 Å². The van der Waals surface area contributed by atoms with Crippen LogP contribution in [-0.2, 0) is 13.0 Å². The number of fused-ring (bicyclic) bond motifs is 1. The van der Waals surface area contributed by atoms with E-state index >= 15 is 0 Å². The van der Waals surface area contributed by atoms with E-state index in [1.165, 1.54) is 11.1 Å². The lowest BCUT2D eigenvalue weighted by Gasteiger charge is -2.12. The molecular weight excluding hydrogens is 338 g/mol. The van der Waals surface area contributed by atoms with E-state index in [2.05, 4.69) is 46.4 Å². The van der Waals surface area contributed by atoms with Crippen LogP contribution in [0.4, 0.5) is 5.69 Å². The number of halogens is 2. The van der Waals surface area contributed by atoms with Gasteiger partial charge in [0.15, 0.2) is 0 Å². The summed E-state index contributed by atoms with van der Waals surface area (Å²) in [5, 5.41) is 4.19. The molecule has 2 aromatic carbocycles. The molecule has 1 N–H and O–H groups in total. The van der Waals surface area contributed by atoms with Crippen molar-refractivity contribution in [2.75, 3.05) is 11.9 Å². The van der Waals surface area contributed by atoms with Crippen LogP contribution in [0.3, 0.4) is 0 Å². The van der Waals surface area contributed by atoms with Crippen molar-refractivity contribution in [2.45, 2.75) is 19.9 Å². The lowest BCUT2D eigenvalue weighted by atomic mass is 10.1. The number of nitrogens with one attached hydrogen (secondary N) is 1. The molecule has 0 aliphatic carbocycles. The average Bonchev–Trinajstić information content (AvgIpc) is 2.88. The van der Waals surface area contributed by atoms with Gasteiger partial charge < -0.3 is 10.1 Å². The molecule has 0 radical (unpaired) electrons. The Hall–Kier alpha value is -1.19. The van der Waals surface area contributed by atoms with E-state index in [0.717, 1.165) is 39.5 Å². The Labute approximate surface area is 132 Å². The molecule has 0 unspecified atom stereocenters. The maximum Gasteiger partial charge on any atom is 0.127 e. The summed E-state index contributed by atoms with van der Waals surface area (Å²) >= 11 is 9.71. The third-order valence-corrected chi connectivity index (χ3v) is 4.55. The van der Waals surface area contributed by atoms with Crippen molar-refractivity contribution in [1.29, 1.82) is 0 Å². The Morgan fingerprint density at radius 2 is 2.15 bits per heavy atom. The van der Waals surface area contributed by atoms with Gasteiger partial charge in [-0.3, -0.25) is 0 Å². The fraction of sp³-hybridized carbons (Fsp3) is 0.250. The third kappa shape index (κ3) is 2.79. The summed E-state index contributed by atoms with van der Waals surface area (Å²) in [5.41, 5.74) is 4.62. The summed E-state index contributed by atoms with van der Waals surface area (Å²) in [6, 6.07) is 10.2. The first-order valence-corrected chi connectivity index (χ1v) is 7.75. The topological polar surface area (TPSA) is 21.3 Å². The summed E-state index contributed by atoms with van der Waals surface area (Å²) in [4.78, 5) is 0. The Balaban J connectivity index is 1.80. The number of aryl methyl sites for hydroxylation is 1. The van der Waals surface area contributed by atoms with Crippen LogP contribution in [-0.4, -0.2) is 6.61 Å². The van der Waals surface area contributed by atoms with Gasteiger partial charge in [0, 0.05) is 33.7 Å². The van der Waals surface area contributed by atoms with Crippen LogP contribution >= 0.6 is 27.5 Å². The van der Waals surface area contributed by atoms with E-state index in [-0.39, 0.29) is 0 Å². The lowest BCUT2D eigenvalue weighted by molar-refractivity contribution is 0.354. The van der Waals surface area contributed by atoms with E-state index < -0.39 is 0 Å². The number of ether oxygens (including phenoxy) is 1. The SMILES string of the molecule is Cc1ccc(NCc2cc(Cl)cc3c2OCC3)cc1Br. The highest BCUT2D eigenvalue weighted by molar-refractivity contribution is 9.10. The number of hydrogen-bond acceptors (Lipinski definition) is 2. The largest absolute Gasteiger partial charge is 0.493 e. The fourth-order valence-electron chi connectivity index (χ4n) is 2.38. The van der Waals surface area contributed by atoms with Gasteiger partial charge in [-0.25, -0.2) is 0 Å². The summed E-state index contributed by atoms with van der Waals surface area (Å²) < 4.78 is 6.81. The molecule has 104 valence electrons. The molecule has 3 rings (SSSR count). The molecule has 1 aliphatic rings. The van der Waals surface area contributed by atoms with Crippen molar-refractivity contribution in [3.63, 3.8) is 0 Å². The number of rotatable bonds is 3. The first-order valence-electron chi connectivity index (χ1n) is 6.57. The van der Waals surface area contributed by atoms with Crippen molar-refractivity contribution in [3.05, 3.63) is 56.5 Å². The summed E-state index contributed by atoms with van der Waals surface area (Å²) in [6.45, 7) is 3.53. The van der Waals surface area contributed by atoms with E-state index in [4.69, 9.17) is 16.3 Å². The van der Waals surface area contributed by atoms with Crippen molar-refractivity contribution >= 4 is 33.2 Å². The van der Waals surface area contributed by atoms with Gasteiger partial charge in [0.1, 0.15) is 5.75 Å². The molecule has 0 saturated carbocycles. The molecule has 0 bridgehead atoms. The smallest absolute Gasteiger partial charge is 0.127 e. The minimum atomic E-state index is 0.707. The molecule has 2 nitrogen and oxygen atoms in total. The Bertz CT molecular complexity index is 657. The Morgan fingerprint density at radius 3 is 2.95 bits per heavy atom. The highest BCUT2D eigenvalue weighted by Crippen LogP contribution is 2.33. The second-order valence-corrected chi connectivity index (χ2v) is 6.26. The monoisotopic (exact) mass is 351 g/mol. The highest BCUT2D eigenvalue weighted by Gasteiger charge is 2.17. The molecule has 1 aliphatic heterocycles. The third-order valence-electron chi connectivity index (χ3n) is 3.48. The van der Waals surface area contributed by atoms with Gasteiger partial charge in [-0.1, -0.05) is 33.6 Å². The van der Waals surface area contributed by atoms with Crippen LogP contribution in [0, 0.1) is 6.92 Å². The average molecular weight is 353 g/mol. The zero-order valence-electron chi connectivity index (χ0n) is 11.2. The minimum Gasteiger partial charge on any atom is -0.493 e. The molecule has 0 atom stereocenters. The molecule has 20 heavy (non-hydrogen) atoms. The predicted molar refractivity (Wildman–Crippen MR) is 86.9 cm³/mol. The van der Waals surface area contributed by atoms with Gasteiger partial charge >= 0.3 is 0 Å². The van der Waals surface area contributed by atoms with E-state index in [1.807, 2.05) is 12.1 Å². The van der Waals surface area contributed by atoms with E-state index in [9.17, 15) is 0 Å². The van der Waals surface area contributed by atoms with Crippen LogP contribution in [0.2, 0.25) is 5.02 Å². The van der Waals surface area contributed by atoms with Gasteiger partial charge in [0.05, 0.1) is 6.61 Å². The number of anilines is 1. The first kappa shape index (κ1) is 13.8. The molecule has 1 heterocycles. The number of benzene rings is 2. The van der Waals surface area contributed by atoms with Gasteiger partial charge in [-0.2, -0.15) is 0 Å². The maximum atomic E-state index is 6.17. The standard InChI is InChI=1S/C16H15BrClNO/c1-10-2-3-14(8-15(10)17)19-9-12-7-13(18)6-11-4-5-20-16(11)12/h2-3,6-8,19H,4-5,9H2,1H3.